The van der Waals surface area contributed by atoms with Gasteiger partial charge in [0.25, 0.3) is 0 Å². The third-order valence-corrected chi connectivity index (χ3v) is 4.17. The Hall–Kier alpha value is -2.34. The molecule has 0 aliphatic carbocycles. The van der Waals surface area contributed by atoms with Crippen molar-refractivity contribution in [3.8, 4) is 0 Å². The van der Waals surface area contributed by atoms with Crippen LogP contribution in [0.5, 0.6) is 0 Å². The van der Waals surface area contributed by atoms with Crippen molar-refractivity contribution in [1.29, 1.82) is 0 Å². The van der Waals surface area contributed by atoms with E-state index in [1.165, 1.54) is 11.8 Å². The molecule has 1 aromatic heterocycles. The number of anilines is 1. The summed E-state index contributed by atoms with van der Waals surface area (Å²) in [7, 11) is 0. The van der Waals surface area contributed by atoms with Gasteiger partial charge in [0.1, 0.15) is 0 Å². The highest BCUT2D eigenvalue weighted by atomic mass is 32.2. The van der Waals surface area contributed by atoms with Crippen molar-refractivity contribution >= 4 is 29.3 Å². The molecule has 2 aromatic rings. The largest absolute Gasteiger partial charge is 0.347 e. The maximum atomic E-state index is 11.8. The average Bonchev–Trinajstić information content (AvgIpc) is 2.57. The molecule has 0 aliphatic heterocycles. The predicted molar refractivity (Wildman–Crippen MR) is 93.2 cm³/mol. The highest BCUT2D eigenvalue weighted by molar-refractivity contribution is 7.98. The SMILES string of the molecule is Cc1ccncc1NC(=O)C(=O)NCCSCc1ccccc1. The Morgan fingerprint density at radius 2 is 1.91 bits per heavy atom. The maximum absolute atomic E-state index is 11.8. The first-order valence-electron chi connectivity index (χ1n) is 7.28. The van der Waals surface area contributed by atoms with E-state index in [9.17, 15) is 9.59 Å². The van der Waals surface area contributed by atoms with Gasteiger partial charge in [0.05, 0.1) is 11.9 Å². The number of aromatic nitrogens is 1. The first kappa shape index (κ1) is 17.0. The van der Waals surface area contributed by atoms with Crippen molar-refractivity contribution in [2.24, 2.45) is 0 Å². The molecule has 0 fully saturated rings. The van der Waals surface area contributed by atoms with E-state index >= 15 is 0 Å². The lowest BCUT2D eigenvalue weighted by atomic mass is 10.2. The second-order valence-corrected chi connectivity index (χ2v) is 6.04. The average molecular weight is 329 g/mol. The van der Waals surface area contributed by atoms with Crippen LogP contribution in [0.25, 0.3) is 0 Å². The molecule has 0 saturated carbocycles. The maximum Gasteiger partial charge on any atom is 0.313 e. The molecule has 0 unspecified atom stereocenters. The number of nitrogens with zero attached hydrogens (tertiary/aromatic N) is 1. The molecule has 6 heteroatoms. The van der Waals surface area contributed by atoms with Crippen molar-refractivity contribution in [2.75, 3.05) is 17.6 Å². The second-order valence-electron chi connectivity index (χ2n) is 4.94. The van der Waals surface area contributed by atoms with Gasteiger partial charge in [0, 0.05) is 24.2 Å². The smallest absolute Gasteiger partial charge is 0.313 e. The predicted octanol–water partition coefficient (Wildman–Crippen LogP) is 2.38. The minimum atomic E-state index is -0.672. The van der Waals surface area contributed by atoms with Crippen LogP contribution in [0.1, 0.15) is 11.1 Å². The Labute approximate surface area is 139 Å². The molecule has 0 saturated heterocycles. The summed E-state index contributed by atoms with van der Waals surface area (Å²) >= 11 is 1.71. The van der Waals surface area contributed by atoms with Crippen molar-refractivity contribution in [3.05, 3.63) is 59.9 Å². The lowest BCUT2D eigenvalue weighted by molar-refractivity contribution is -0.136. The first-order valence-corrected chi connectivity index (χ1v) is 8.44. The van der Waals surface area contributed by atoms with Crippen LogP contribution in [-0.4, -0.2) is 29.1 Å². The zero-order chi connectivity index (χ0) is 16.5. The van der Waals surface area contributed by atoms with Gasteiger partial charge in [-0.15, -0.1) is 0 Å². The number of benzene rings is 1. The second kappa shape index (κ2) is 8.95. The molecule has 23 heavy (non-hydrogen) atoms. The van der Waals surface area contributed by atoms with Crippen LogP contribution in [0.2, 0.25) is 0 Å². The lowest BCUT2D eigenvalue weighted by Crippen LogP contribution is -2.36. The molecule has 2 rings (SSSR count). The summed E-state index contributed by atoms with van der Waals surface area (Å²) in [6.45, 7) is 2.30. The molecule has 2 amide bonds. The van der Waals surface area contributed by atoms with E-state index < -0.39 is 11.8 Å². The number of carbonyl (C=O) groups is 2. The Bertz CT molecular complexity index is 662. The Balaban J connectivity index is 1.66. The Morgan fingerprint density at radius 1 is 1.13 bits per heavy atom. The number of thioether (sulfide) groups is 1. The van der Waals surface area contributed by atoms with Crippen molar-refractivity contribution < 1.29 is 9.59 Å². The quantitative estimate of drug-likeness (QED) is 0.630. The van der Waals surface area contributed by atoms with Crippen molar-refractivity contribution in [1.82, 2.24) is 10.3 Å². The highest BCUT2D eigenvalue weighted by Gasteiger charge is 2.13. The van der Waals surface area contributed by atoms with E-state index in [4.69, 9.17) is 0 Å². The number of amides is 2. The zero-order valence-electron chi connectivity index (χ0n) is 12.9. The lowest BCUT2D eigenvalue weighted by Gasteiger charge is -2.08. The highest BCUT2D eigenvalue weighted by Crippen LogP contribution is 2.11. The van der Waals surface area contributed by atoms with E-state index in [0.717, 1.165) is 17.1 Å². The van der Waals surface area contributed by atoms with Gasteiger partial charge in [-0.25, -0.2) is 0 Å². The molecule has 5 nitrogen and oxygen atoms in total. The van der Waals surface area contributed by atoms with E-state index in [0.29, 0.717) is 12.2 Å². The third kappa shape index (κ3) is 5.75. The van der Waals surface area contributed by atoms with Gasteiger partial charge in [-0.2, -0.15) is 11.8 Å². The minimum Gasteiger partial charge on any atom is -0.347 e. The summed E-state index contributed by atoms with van der Waals surface area (Å²) in [5.74, 6) is 0.333. The monoisotopic (exact) mass is 329 g/mol. The Morgan fingerprint density at radius 3 is 2.65 bits per heavy atom. The van der Waals surface area contributed by atoms with Crippen LogP contribution in [0.3, 0.4) is 0 Å². The molecular weight excluding hydrogens is 310 g/mol. The molecule has 0 atom stereocenters. The number of hydrogen-bond donors (Lipinski definition) is 2. The van der Waals surface area contributed by atoms with Gasteiger partial charge in [-0.05, 0) is 24.1 Å². The van der Waals surface area contributed by atoms with E-state index in [2.05, 4.69) is 27.8 Å². The summed E-state index contributed by atoms with van der Waals surface area (Å²) in [4.78, 5) is 27.5. The van der Waals surface area contributed by atoms with Gasteiger partial charge in [0.15, 0.2) is 0 Å². The van der Waals surface area contributed by atoms with E-state index in [-0.39, 0.29) is 0 Å². The zero-order valence-corrected chi connectivity index (χ0v) is 13.7. The summed E-state index contributed by atoms with van der Waals surface area (Å²) in [5, 5.41) is 5.17. The van der Waals surface area contributed by atoms with Crippen molar-refractivity contribution in [3.63, 3.8) is 0 Å². The number of nitrogens with one attached hydrogen (secondary N) is 2. The summed E-state index contributed by atoms with van der Waals surface area (Å²) in [6, 6.07) is 11.9. The molecule has 0 radical (unpaired) electrons. The van der Waals surface area contributed by atoms with Crippen LogP contribution < -0.4 is 10.6 Å². The fourth-order valence-corrected chi connectivity index (χ4v) is 2.67. The topological polar surface area (TPSA) is 71.1 Å². The van der Waals surface area contributed by atoms with Crippen molar-refractivity contribution in [2.45, 2.75) is 12.7 Å². The fraction of sp³-hybridized carbons (Fsp3) is 0.235. The normalized spacial score (nSPS) is 10.1. The molecule has 0 spiro atoms. The molecule has 0 bridgehead atoms. The van der Waals surface area contributed by atoms with Crippen LogP contribution in [0.15, 0.2) is 48.8 Å². The van der Waals surface area contributed by atoms with E-state index in [1.54, 1.807) is 24.0 Å². The van der Waals surface area contributed by atoms with Crippen LogP contribution >= 0.6 is 11.8 Å². The number of carbonyl (C=O) groups excluding carboxylic acids is 2. The molecular formula is C17H19N3O2S. The van der Waals surface area contributed by atoms with Gasteiger partial charge >= 0.3 is 11.8 Å². The molecule has 2 N–H and O–H groups in total. The number of aryl methyl sites for hydroxylation is 1. The molecule has 0 aliphatic rings. The van der Waals surface area contributed by atoms with Gasteiger partial charge in [0.2, 0.25) is 0 Å². The fourth-order valence-electron chi connectivity index (χ4n) is 1.86. The third-order valence-electron chi connectivity index (χ3n) is 3.14. The van der Waals surface area contributed by atoms with Gasteiger partial charge < -0.3 is 10.6 Å². The van der Waals surface area contributed by atoms with E-state index in [1.807, 2.05) is 25.1 Å². The van der Waals surface area contributed by atoms with Crippen LogP contribution in [0.4, 0.5) is 5.69 Å². The molecule has 1 aromatic carbocycles. The first-order chi connectivity index (χ1) is 11.2. The summed E-state index contributed by atoms with van der Waals surface area (Å²) in [6.07, 6.45) is 3.16. The molecule has 1 heterocycles. The molecule has 120 valence electrons. The van der Waals surface area contributed by atoms with Gasteiger partial charge in [-0.3, -0.25) is 14.6 Å². The minimum absolute atomic E-state index is 0.454. The number of rotatable bonds is 6. The van der Waals surface area contributed by atoms with Crippen LogP contribution in [-0.2, 0) is 15.3 Å². The van der Waals surface area contributed by atoms with Gasteiger partial charge in [-0.1, -0.05) is 30.3 Å². The summed E-state index contributed by atoms with van der Waals surface area (Å²) in [5.41, 5.74) is 2.65. The Kier molecular flexibility index (Phi) is 6.62. The standard InChI is InChI=1S/C17H19N3O2S/c1-13-7-8-18-11-15(13)20-17(22)16(21)19-9-10-23-12-14-5-3-2-4-6-14/h2-8,11H,9-10,12H2,1H3,(H,19,21)(H,20,22). The van der Waals surface area contributed by atoms with Crippen LogP contribution in [0, 0.1) is 6.92 Å². The number of hydrogen-bond acceptors (Lipinski definition) is 4. The summed E-state index contributed by atoms with van der Waals surface area (Å²) < 4.78 is 0. The number of pyridine rings is 1.